The van der Waals surface area contributed by atoms with Crippen LogP contribution in [0.3, 0.4) is 0 Å². The van der Waals surface area contributed by atoms with Crippen LogP contribution in [0, 0.1) is 5.92 Å². The van der Waals surface area contributed by atoms with Gasteiger partial charge < -0.3 is 34.2 Å². The Kier molecular flexibility index (Phi) is 8.49. The Morgan fingerprint density at radius 2 is 1.89 bits per heavy atom. The van der Waals surface area contributed by atoms with E-state index in [4.69, 9.17) is 14.9 Å². The first-order valence-corrected chi connectivity index (χ1v) is 11.1. The van der Waals surface area contributed by atoms with Crippen LogP contribution in [-0.2, 0) is 4.74 Å². The summed E-state index contributed by atoms with van der Waals surface area (Å²) in [6, 6.07) is 3.67. The maximum Gasteiger partial charge on any atom is 0.409 e. The van der Waals surface area contributed by atoms with Crippen molar-refractivity contribution in [1.82, 2.24) is 14.8 Å². The lowest BCUT2D eigenvalue weighted by atomic mass is 10.2. The first-order chi connectivity index (χ1) is 16.6. The van der Waals surface area contributed by atoms with Gasteiger partial charge in [0.1, 0.15) is 0 Å². The number of nitrogens with two attached hydrogens (primary N) is 1. The van der Waals surface area contributed by atoms with Gasteiger partial charge in [-0.2, -0.15) is 8.78 Å². The molecule has 0 bridgehead atoms. The zero-order valence-corrected chi connectivity index (χ0v) is 20.1. The van der Waals surface area contributed by atoms with Crippen molar-refractivity contribution in [3.8, 4) is 23.0 Å². The summed E-state index contributed by atoms with van der Waals surface area (Å²) in [7, 11) is 4.39. The SMILES string of the molecule is COC(=O)N(C)CCN(C)C(=O)c1nc(-c2ccc(OC(F)F)c(OCC3CC3)c2)oc1[C@H](C)N. The lowest BCUT2D eigenvalue weighted by molar-refractivity contribution is -0.0515. The first-order valence-electron chi connectivity index (χ1n) is 11.1. The normalized spacial score (nSPS) is 13.9. The number of hydrogen-bond donors (Lipinski definition) is 1. The number of benzene rings is 1. The Hall–Kier alpha value is -3.41. The number of rotatable bonds is 11. The minimum atomic E-state index is -3.01. The highest BCUT2D eigenvalue weighted by Gasteiger charge is 2.27. The van der Waals surface area contributed by atoms with Crippen molar-refractivity contribution < 1.29 is 37.0 Å². The molecule has 35 heavy (non-hydrogen) atoms. The van der Waals surface area contributed by atoms with Crippen LogP contribution in [0.4, 0.5) is 13.6 Å². The topological polar surface area (TPSA) is 120 Å². The van der Waals surface area contributed by atoms with Crippen LogP contribution < -0.4 is 15.2 Å². The standard InChI is InChI=1S/C23H30F2N4O6/c1-13(26)19-18(21(30)28(2)9-10-29(3)23(31)32-4)27-20(35-19)15-7-8-16(34-22(24)25)17(11-15)33-12-14-5-6-14/h7-8,11,13-14,22H,5-6,9-10,12,26H2,1-4H3/t13-/m0/s1. The Balaban J connectivity index is 1.84. The number of oxazole rings is 1. The molecular formula is C23H30F2N4O6. The molecule has 2 amide bonds. The van der Waals surface area contributed by atoms with Crippen LogP contribution in [0.15, 0.2) is 22.6 Å². The Bertz CT molecular complexity index is 1040. The number of likely N-dealkylation sites (N-methyl/N-ethyl adjacent to an activating group) is 2. The summed E-state index contributed by atoms with van der Waals surface area (Å²) in [5.41, 5.74) is 6.45. The Morgan fingerprint density at radius 1 is 1.20 bits per heavy atom. The van der Waals surface area contributed by atoms with E-state index in [9.17, 15) is 18.4 Å². The molecule has 0 saturated heterocycles. The molecule has 12 heteroatoms. The third-order valence-corrected chi connectivity index (χ3v) is 5.45. The average molecular weight is 497 g/mol. The van der Waals surface area contributed by atoms with E-state index < -0.39 is 24.7 Å². The minimum Gasteiger partial charge on any atom is -0.489 e. The molecule has 10 nitrogen and oxygen atoms in total. The summed E-state index contributed by atoms with van der Waals surface area (Å²) in [4.78, 5) is 31.7. The predicted molar refractivity (Wildman–Crippen MR) is 121 cm³/mol. The molecule has 3 rings (SSSR count). The number of halogens is 2. The third kappa shape index (κ3) is 6.81. The van der Waals surface area contributed by atoms with Crippen LogP contribution in [0.1, 0.15) is 42.1 Å². The zero-order valence-electron chi connectivity index (χ0n) is 20.1. The van der Waals surface area contributed by atoms with Crippen LogP contribution in [0.2, 0.25) is 0 Å². The Morgan fingerprint density at radius 3 is 2.49 bits per heavy atom. The number of amides is 2. The number of aromatic nitrogens is 1. The van der Waals surface area contributed by atoms with Gasteiger partial charge in [-0.3, -0.25) is 4.79 Å². The number of alkyl halides is 2. The van der Waals surface area contributed by atoms with E-state index >= 15 is 0 Å². The summed E-state index contributed by atoms with van der Waals surface area (Å²) in [6.07, 6.45) is 1.53. The van der Waals surface area contributed by atoms with Gasteiger partial charge >= 0.3 is 12.7 Å². The van der Waals surface area contributed by atoms with E-state index in [0.717, 1.165) is 12.8 Å². The maximum atomic E-state index is 13.1. The monoisotopic (exact) mass is 496 g/mol. The van der Waals surface area contributed by atoms with E-state index in [2.05, 4.69) is 14.5 Å². The molecule has 1 fully saturated rings. The lowest BCUT2D eigenvalue weighted by Crippen LogP contribution is -2.37. The highest BCUT2D eigenvalue weighted by Crippen LogP contribution is 2.37. The third-order valence-electron chi connectivity index (χ3n) is 5.45. The minimum absolute atomic E-state index is 0.0200. The van der Waals surface area contributed by atoms with Crippen molar-refractivity contribution in [2.75, 3.05) is 40.9 Å². The second kappa shape index (κ2) is 11.3. The fourth-order valence-corrected chi connectivity index (χ4v) is 3.19. The van der Waals surface area contributed by atoms with Gasteiger partial charge in [0.05, 0.1) is 19.8 Å². The summed E-state index contributed by atoms with van der Waals surface area (Å²) in [6.45, 7) is -0.525. The van der Waals surface area contributed by atoms with E-state index in [1.807, 2.05) is 0 Å². The Labute approximate surface area is 201 Å². The average Bonchev–Trinajstić information content (AvgIpc) is 3.55. The molecule has 1 aromatic carbocycles. The molecule has 1 aliphatic rings. The molecular weight excluding hydrogens is 466 g/mol. The van der Waals surface area contributed by atoms with Crippen molar-refractivity contribution >= 4 is 12.0 Å². The number of carbonyl (C=O) groups is 2. The molecule has 0 radical (unpaired) electrons. The number of methoxy groups -OCH3 is 1. The molecule has 192 valence electrons. The van der Waals surface area contributed by atoms with E-state index in [1.165, 1.54) is 35.1 Å². The first kappa shape index (κ1) is 26.2. The van der Waals surface area contributed by atoms with Gasteiger partial charge in [-0.25, -0.2) is 9.78 Å². The fraction of sp³-hybridized carbons (Fsp3) is 0.522. The number of ether oxygens (including phenoxy) is 3. The summed E-state index contributed by atoms with van der Waals surface area (Å²) in [5.74, 6) is 0.225. The number of hydrogen-bond acceptors (Lipinski definition) is 8. The predicted octanol–water partition coefficient (Wildman–Crippen LogP) is 3.52. The summed E-state index contributed by atoms with van der Waals surface area (Å²) >= 11 is 0. The van der Waals surface area contributed by atoms with Crippen LogP contribution in [-0.4, -0.2) is 74.3 Å². The molecule has 0 aliphatic heterocycles. The van der Waals surface area contributed by atoms with Crippen molar-refractivity contribution in [3.63, 3.8) is 0 Å². The van der Waals surface area contributed by atoms with Crippen LogP contribution >= 0.6 is 0 Å². The van der Waals surface area contributed by atoms with Gasteiger partial charge in [0, 0.05) is 32.7 Å². The lowest BCUT2D eigenvalue weighted by Gasteiger charge is -2.21. The molecule has 0 unspecified atom stereocenters. The summed E-state index contributed by atoms with van der Waals surface area (Å²) < 4.78 is 46.4. The van der Waals surface area contributed by atoms with Crippen molar-refractivity contribution in [3.05, 3.63) is 29.7 Å². The van der Waals surface area contributed by atoms with Crippen LogP contribution in [0.5, 0.6) is 11.5 Å². The quantitative estimate of drug-likeness (QED) is 0.502. The van der Waals surface area contributed by atoms with Gasteiger partial charge in [0.2, 0.25) is 5.89 Å². The van der Waals surface area contributed by atoms with E-state index in [0.29, 0.717) is 18.1 Å². The van der Waals surface area contributed by atoms with E-state index in [-0.39, 0.29) is 41.9 Å². The molecule has 2 N–H and O–H groups in total. The van der Waals surface area contributed by atoms with Gasteiger partial charge in [-0.05, 0) is 43.9 Å². The van der Waals surface area contributed by atoms with Crippen LogP contribution in [0.25, 0.3) is 11.5 Å². The molecule has 1 atom stereocenters. The molecule has 0 spiro atoms. The molecule has 2 aromatic rings. The molecule has 1 aliphatic carbocycles. The fourth-order valence-electron chi connectivity index (χ4n) is 3.19. The molecule has 1 heterocycles. The van der Waals surface area contributed by atoms with Crippen molar-refractivity contribution in [2.24, 2.45) is 11.7 Å². The van der Waals surface area contributed by atoms with Gasteiger partial charge in [-0.15, -0.1) is 0 Å². The van der Waals surface area contributed by atoms with Gasteiger partial charge in [0.15, 0.2) is 23.0 Å². The van der Waals surface area contributed by atoms with E-state index in [1.54, 1.807) is 21.0 Å². The maximum absolute atomic E-state index is 13.1. The highest BCUT2D eigenvalue weighted by atomic mass is 19.3. The zero-order chi connectivity index (χ0) is 25.7. The second-order valence-electron chi connectivity index (χ2n) is 8.43. The second-order valence-corrected chi connectivity index (χ2v) is 8.43. The number of nitrogens with zero attached hydrogens (tertiary/aromatic N) is 3. The van der Waals surface area contributed by atoms with Gasteiger partial charge in [-0.1, -0.05) is 0 Å². The molecule has 1 saturated carbocycles. The number of carbonyl (C=O) groups excluding carboxylic acids is 2. The van der Waals surface area contributed by atoms with Crippen molar-refractivity contribution in [2.45, 2.75) is 32.4 Å². The van der Waals surface area contributed by atoms with Gasteiger partial charge in [0.25, 0.3) is 5.91 Å². The smallest absolute Gasteiger partial charge is 0.409 e. The largest absolute Gasteiger partial charge is 0.489 e. The summed E-state index contributed by atoms with van der Waals surface area (Å²) in [5, 5.41) is 0. The highest BCUT2D eigenvalue weighted by molar-refractivity contribution is 5.93. The molecule has 1 aromatic heterocycles. The van der Waals surface area contributed by atoms with Crippen molar-refractivity contribution in [1.29, 1.82) is 0 Å².